The van der Waals surface area contributed by atoms with Gasteiger partial charge in [0, 0.05) is 0 Å². The first-order valence-corrected chi connectivity index (χ1v) is 7.38. The maximum atomic E-state index is 12.6. The summed E-state index contributed by atoms with van der Waals surface area (Å²) in [5.74, 6) is 0.414. The number of nitrogens with zero attached hydrogens (tertiary/aromatic N) is 1. The van der Waals surface area contributed by atoms with Gasteiger partial charge in [-0.1, -0.05) is 42.4 Å². The molecule has 0 aliphatic heterocycles. The Morgan fingerprint density at radius 1 is 1.00 bits per heavy atom. The van der Waals surface area contributed by atoms with Crippen LogP contribution < -0.4 is 4.74 Å². The molecule has 3 rings (SSSR count). The maximum absolute atomic E-state index is 12.6. The van der Waals surface area contributed by atoms with Gasteiger partial charge >= 0.3 is 12.1 Å². The molecule has 0 amide bonds. The minimum absolute atomic E-state index is 0.165. The Morgan fingerprint density at radius 2 is 1.67 bits per heavy atom. The summed E-state index contributed by atoms with van der Waals surface area (Å²) in [6.45, 7) is 1.94. The minimum atomic E-state index is -4.38. The van der Waals surface area contributed by atoms with Gasteiger partial charge < -0.3 is 9.26 Å². The van der Waals surface area contributed by atoms with Gasteiger partial charge in [-0.3, -0.25) is 0 Å². The highest BCUT2D eigenvalue weighted by Crippen LogP contribution is 2.37. The molecule has 3 aromatic rings. The smallest absolute Gasteiger partial charge is 0.416 e. The van der Waals surface area contributed by atoms with E-state index in [2.05, 4.69) is 5.16 Å². The van der Waals surface area contributed by atoms with Crippen LogP contribution in [0.25, 0.3) is 11.1 Å². The average molecular weight is 333 g/mol. The molecular weight excluding hydrogens is 319 g/mol. The Hall–Kier alpha value is -2.76. The second-order valence-electron chi connectivity index (χ2n) is 5.14. The Bertz CT molecular complexity index is 809. The largest absolute Gasteiger partial charge is 0.424 e. The zero-order chi connectivity index (χ0) is 17.2. The zero-order valence-corrected chi connectivity index (χ0v) is 12.8. The molecule has 0 N–H and O–H groups in total. The van der Waals surface area contributed by atoms with Gasteiger partial charge in [0.2, 0.25) is 0 Å². The highest BCUT2D eigenvalue weighted by atomic mass is 19.4. The molecule has 1 heterocycles. The molecule has 0 unspecified atom stereocenters. The molecule has 24 heavy (non-hydrogen) atoms. The molecule has 0 fully saturated rings. The average Bonchev–Trinajstić information content (AvgIpc) is 2.98. The second-order valence-corrected chi connectivity index (χ2v) is 5.14. The van der Waals surface area contributed by atoms with Crippen molar-refractivity contribution >= 4 is 0 Å². The van der Waals surface area contributed by atoms with Crippen LogP contribution in [0.1, 0.15) is 18.2 Å². The van der Waals surface area contributed by atoms with E-state index in [1.54, 1.807) is 0 Å². The van der Waals surface area contributed by atoms with E-state index in [-0.39, 0.29) is 11.7 Å². The van der Waals surface area contributed by atoms with Crippen molar-refractivity contribution in [1.29, 1.82) is 0 Å². The van der Waals surface area contributed by atoms with E-state index in [1.165, 1.54) is 12.1 Å². The quantitative estimate of drug-likeness (QED) is 0.613. The topological polar surface area (TPSA) is 35.3 Å². The second kappa shape index (κ2) is 6.39. The summed E-state index contributed by atoms with van der Waals surface area (Å²) in [4.78, 5) is 0. The normalized spacial score (nSPS) is 11.5. The molecule has 0 spiro atoms. The van der Waals surface area contributed by atoms with E-state index >= 15 is 0 Å². The molecule has 1 aromatic heterocycles. The number of ether oxygens (including phenoxy) is 1. The monoisotopic (exact) mass is 333 g/mol. The molecule has 0 saturated heterocycles. The third-order valence-corrected chi connectivity index (χ3v) is 3.52. The first kappa shape index (κ1) is 16.1. The molecule has 0 saturated carbocycles. The van der Waals surface area contributed by atoms with Gasteiger partial charge in [-0.25, -0.2) is 0 Å². The lowest BCUT2D eigenvalue weighted by Gasteiger charge is -2.08. The summed E-state index contributed by atoms with van der Waals surface area (Å²) in [5.41, 5.74) is 1.57. The van der Waals surface area contributed by atoms with E-state index < -0.39 is 11.7 Å². The molecule has 2 aromatic carbocycles. The summed E-state index contributed by atoms with van der Waals surface area (Å²) < 4.78 is 48.7. The van der Waals surface area contributed by atoms with Crippen LogP contribution >= 0.6 is 0 Å². The van der Waals surface area contributed by atoms with E-state index in [0.29, 0.717) is 12.0 Å². The number of aryl methyl sites for hydroxylation is 1. The van der Waals surface area contributed by atoms with Crippen molar-refractivity contribution in [2.75, 3.05) is 0 Å². The van der Waals surface area contributed by atoms with Gasteiger partial charge in [0.1, 0.15) is 5.75 Å². The fourth-order valence-corrected chi connectivity index (χ4v) is 2.32. The van der Waals surface area contributed by atoms with E-state index in [0.717, 1.165) is 23.4 Å². The fourth-order valence-electron chi connectivity index (χ4n) is 2.32. The van der Waals surface area contributed by atoms with Gasteiger partial charge in [-0.2, -0.15) is 13.2 Å². The number of benzene rings is 2. The van der Waals surface area contributed by atoms with Crippen molar-refractivity contribution in [3.8, 4) is 22.8 Å². The van der Waals surface area contributed by atoms with Crippen LogP contribution in [0.4, 0.5) is 13.2 Å². The summed E-state index contributed by atoms with van der Waals surface area (Å²) in [5, 5.41) is 3.98. The van der Waals surface area contributed by atoms with Crippen LogP contribution in [-0.2, 0) is 12.6 Å². The highest BCUT2D eigenvalue weighted by molar-refractivity contribution is 5.70. The first-order chi connectivity index (χ1) is 11.5. The molecule has 0 bridgehead atoms. The van der Waals surface area contributed by atoms with Gasteiger partial charge in [-0.15, -0.1) is 0 Å². The van der Waals surface area contributed by atoms with E-state index in [9.17, 15) is 13.2 Å². The van der Waals surface area contributed by atoms with Crippen molar-refractivity contribution in [1.82, 2.24) is 5.16 Å². The van der Waals surface area contributed by atoms with Crippen molar-refractivity contribution in [3.63, 3.8) is 0 Å². The van der Waals surface area contributed by atoms with Crippen molar-refractivity contribution in [2.45, 2.75) is 19.5 Å². The van der Waals surface area contributed by atoms with Crippen LogP contribution in [0.5, 0.6) is 11.7 Å². The summed E-state index contributed by atoms with van der Waals surface area (Å²) in [6, 6.07) is 13.9. The first-order valence-electron chi connectivity index (χ1n) is 7.38. The Labute approximate surface area is 136 Å². The number of halogens is 3. The Kier molecular flexibility index (Phi) is 4.29. The highest BCUT2D eigenvalue weighted by Gasteiger charge is 2.30. The standard InChI is InChI=1S/C18H14F3NO2/c1-2-15-16(12-6-4-3-5-7-12)17(24-22-15)23-14-10-8-13(9-11-14)18(19,20)21/h3-11H,2H2,1H3. The third kappa shape index (κ3) is 3.27. The van der Waals surface area contributed by atoms with Crippen molar-refractivity contribution < 1.29 is 22.4 Å². The molecule has 3 nitrogen and oxygen atoms in total. The molecule has 0 radical (unpaired) electrons. The Morgan fingerprint density at radius 3 is 2.25 bits per heavy atom. The predicted molar refractivity (Wildman–Crippen MR) is 82.8 cm³/mol. The lowest BCUT2D eigenvalue weighted by Crippen LogP contribution is -2.03. The number of hydrogen-bond donors (Lipinski definition) is 0. The summed E-state index contributed by atoms with van der Waals surface area (Å²) >= 11 is 0. The summed E-state index contributed by atoms with van der Waals surface area (Å²) in [7, 11) is 0. The fraction of sp³-hybridized carbons (Fsp3) is 0.167. The number of alkyl halides is 3. The molecule has 0 atom stereocenters. The zero-order valence-electron chi connectivity index (χ0n) is 12.8. The van der Waals surface area contributed by atoms with Gasteiger partial charge in [0.15, 0.2) is 0 Å². The van der Waals surface area contributed by atoms with Crippen LogP contribution in [0.15, 0.2) is 59.1 Å². The molecular formula is C18H14F3NO2. The van der Waals surface area contributed by atoms with Crippen LogP contribution in [0.2, 0.25) is 0 Å². The van der Waals surface area contributed by atoms with Gasteiger partial charge in [-0.05, 0) is 36.2 Å². The summed E-state index contributed by atoms with van der Waals surface area (Å²) in [6.07, 6.45) is -3.74. The van der Waals surface area contributed by atoms with E-state index in [1.807, 2.05) is 37.3 Å². The van der Waals surface area contributed by atoms with Crippen LogP contribution in [0, 0.1) is 0 Å². The number of aromatic nitrogens is 1. The minimum Gasteiger partial charge on any atom is -0.424 e. The number of hydrogen-bond acceptors (Lipinski definition) is 3. The van der Waals surface area contributed by atoms with E-state index in [4.69, 9.17) is 9.26 Å². The lowest BCUT2D eigenvalue weighted by molar-refractivity contribution is -0.137. The van der Waals surface area contributed by atoms with Crippen molar-refractivity contribution in [2.24, 2.45) is 0 Å². The maximum Gasteiger partial charge on any atom is 0.416 e. The molecule has 0 aliphatic carbocycles. The predicted octanol–water partition coefficient (Wildman–Crippen LogP) is 5.72. The third-order valence-electron chi connectivity index (χ3n) is 3.52. The lowest BCUT2D eigenvalue weighted by atomic mass is 10.1. The van der Waals surface area contributed by atoms with Crippen LogP contribution in [0.3, 0.4) is 0 Å². The Balaban J connectivity index is 1.92. The molecule has 124 valence electrons. The van der Waals surface area contributed by atoms with Crippen molar-refractivity contribution in [3.05, 3.63) is 65.9 Å². The van der Waals surface area contributed by atoms with Crippen LogP contribution in [-0.4, -0.2) is 5.16 Å². The molecule has 6 heteroatoms. The number of rotatable bonds is 4. The van der Waals surface area contributed by atoms with Gasteiger partial charge in [0.05, 0.1) is 16.8 Å². The molecule has 0 aliphatic rings. The SMILES string of the molecule is CCc1noc(Oc2ccc(C(F)(F)F)cc2)c1-c1ccccc1. The van der Waals surface area contributed by atoms with Gasteiger partial charge in [0.25, 0.3) is 0 Å².